The number of carbonyl (C=O) groups excluding carboxylic acids is 1. The zero-order valence-corrected chi connectivity index (χ0v) is 9.89. The molecular weight excluding hydrogens is 220 g/mol. The molecule has 1 rings (SSSR count). The van der Waals surface area contributed by atoms with Crippen LogP contribution < -0.4 is 0 Å². The van der Waals surface area contributed by atoms with Gasteiger partial charge >= 0.3 is 5.97 Å². The first kappa shape index (κ1) is 11.5. The molecule has 0 spiro atoms. The number of thioether (sulfide) groups is 1. The molecule has 1 aromatic heterocycles. The number of hydrogen-bond donors (Lipinski definition) is 0. The van der Waals surface area contributed by atoms with E-state index >= 15 is 0 Å². The minimum atomic E-state index is -0.186. The van der Waals surface area contributed by atoms with Crippen LogP contribution in [0.2, 0.25) is 0 Å². The van der Waals surface area contributed by atoms with Gasteiger partial charge in [0.25, 0.3) is 0 Å². The zero-order valence-electron chi connectivity index (χ0n) is 8.26. The molecule has 0 amide bonds. The van der Waals surface area contributed by atoms with Crippen molar-refractivity contribution in [3.63, 3.8) is 0 Å². The summed E-state index contributed by atoms with van der Waals surface area (Å²) in [5.74, 6) is -0.316. The zero-order chi connectivity index (χ0) is 10.6. The molecule has 78 valence electrons. The Kier molecular flexibility index (Phi) is 4.34. The number of methoxy groups -OCH3 is 1. The summed E-state index contributed by atoms with van der Waals surface area (Å²) >= 11 is 3.02. The fourth-order valence-electron chi connectivity index (χ4n) is 0.853. The molecule has 1 heterocycles. The van der Waals surface area contributed by atoms with Gasteiger partial charge in [0.1, 0.15) is 5.51 Å². The van der Waals surface area contributed by atoms with Crippen LogP contribution in [0.3, 0.4) is 0 Å². The van der Waals surface area contributed by atoms with Crippen LogP contribution in [-0.4, -0.2) is 28.5 Å². The fourth-order valence-corrected chi connectivity index (χ4v) is 2.67. The van der Waals surface area contributed by atoms with Gasteiger partial charge in [-0.05, 0) is 0 Å². The molecule has 4 nitrogen and oxygen atoms in total. The first-order chi connectivity index (χ1) is 6.65. The summed E-state index contributed by atoms with van der Waals surface area (Å²) in [6, 6.07) is 0. The monoisotopic (exact) mass is 232 g/mol. The average molecular weight is 232 g/mol. The van der Waals surface area contributed by atoms with E-state index in [2.05, 4.69) is 14.9 Å². The van der Waals surface area contributed by atoms with Crippen molar-refractivity contribution in [2.75, 3.05) is 7.11 Å². The molecule has 0 bridgehead atoms. The summed E-state index contributed by atoms with van der Waals surface area (Å²) in [7, 11) is 1.40. The predicted octanol–water partition coefficient (Wildman–Crippen LogP) is 1.83. The minimum Gasteiger partial charge on any atom is -0.469 e. The van der Waals surface area contributed by atoms with Crippen molar-refractivity contribution < 1.29 is 9.53 Å². The first-order valence-corrected chi connectivity index (χ1v) is 5.91. The normalized spacial score (nSPS) is 14.8. The lowest BCUT2D eigenvalue weighted by Crippen LogP contribution is -2.21. The summed E-state index contributed by atoms with van der Waals surface area (Å²) in [4.78, 5) is 11.2. The SMILES string of the molecule is COC(=O)C(C)C(C)Sc1nncs1. The van der Waals surface area contributed by atoms with Gasteiger partial charge in [0.2, 0.25) is 0 Å². The molecular formula is C8H12N2O2S2. The second kappa shape index (κ2) is 5.31. The van der Waals surface area contributed by atoms with E-state index < -0.39 is 0 Å². The molecule has 0 saturated heterocycles. The van der Waals surface area contributed by atoms with Gasteiger partial charge in [-0.15, -0.1) is 10.2 Å². The summed E-state index contributed by atoms with van der Waals surface area (Å²) in [6.45, 7) is 3.83. The molecule has 14 heavy (non-hydrogen) atoms. The summed E-state index contributed by atoms with van der Waals surface area (Å²) in [5.41, 5.74) is 1.68. The maximum absolute atomic E-state index is 11.2. The van der Waals surface area contributed by atoms with E-state index in [1.54, 1.807) is 17.3 Å². The molecule has 0 N–H and O–H groups in total. The van der Waals surface area contributed by atoms with Crippen molar-refractivity contribution in [2.45, 2.75) is 23.4 Å². The standard InChI is InChI=1S/C8H12N2O2S2/c1-5(7(11)12-3)6(2)14-8-10-9-4-13-8/h4-6H,1-3H3. The number of carbonyl (C=O) groups is 1. The topological polar surface area (TPSA) is 52.1 Å². The number of esters is 1. The summed E-state index contributed by atoms with van der Waals surface area (Å²) < 4.78 is 5.55. The van der Waals surface area contributed by atoms with Gasteiger partial charge in [0, 0.05) is 5.25 Å². The Balaban J connectivity index is 2.49. The van der Waals surface area contributed by atoms with E-state index in [0.717, 1.165) is 4.34 Å². The third-order valence-corrected chi connectivity index (χ3v) is 4.03. The van der Waals surface area contributed by atoms with Crippen molar-refractivity contribution in [2.24, 2.45) is 5.92 Å². The van der Waals surface area contributed by atoms with E-state index in [0.29, 0.717) is 0 Å². The molecule has 0 aromatic carbocycles. The fraction of sp³-hybridized carbons (Fsp3) is 0.625. The van der Waals surface area contributed by atoms with Gasteiger partial charge in [0.15, 0.2) is 4.34 Å². The van der Waals surface area contributed by atoms with Crippen molar-refractivity contribution in [1.82, 2.24) is 10.2 Å². The van der Waals surface area contributed by atoms with E-state index in [1.165, 1.54) is 18.4 Å². The van der Waals surface area contributed by atoms with Crippen LogP contribution in [0, 0.1) is 5.92 Å². The Morgan fingerprint density at radius 3 is 2.86 bits per heavy atom. The van der Waals surface area contributed by atoms with E-state index in [9.17, 15) is 4.79 Å². The lowest BCUT2D eigenvalue weighted by Gasteiger charge is -2.15. The van der Waals surface area contributed by atoms with Crippen molar-refractivity contribution in [3.8, 4) is 0 Å². The van der Waals surface area contributed by atoms with Crippen LogP contribution in [0.5, 0.6) is 0 Å². The smallest absolute Gasteiger partial charge is 0.309 e. The van der Waals surface area contributed by atoms with E-state index in [1.807, 2.05) is 13.8 Å². The third-order valence-electron chi connectivity index (χ3n) is 1.90. The maximum atomic E-state index is 11.2. The molecule has 0 radical (unpaired) electrons. The van der Waals surface area contributed by atoms with Gasteiger partial charge in [-0.2, -0.15) is 0 Å². The molecule has 2 unspecified atom stereocenters. The first-order valence-electron chi connectivity index (χ1n) is 4.15. The molecule has 0 fully saturated rings. The number of nitrogens with zero attached hydrogens (tertiary/aromatic N) is 2. The molecule has 2 atom stereocenters. The van der Waals surface area contributed by atoms with Crippen LogP contribution in [0.15, 0.2) is 9.85 Å². The number of hydrogen-bond acceptors (Lipinski definition) is 6. The Labute approximate surface area is 91.1 Å². The highest BCUT2D eigenvalue weighted by Crippen LogP contribution is 2.28. The average Bonchev–Trinajstić information content (AvgIpc) is 2.68. The van der Waals surface area contributed by atoms with Gasteiger partial charge in [0.05, 0.1) is 13.0 Å². The second-order valence-electron chi connectivity index (χ2n) is 2.84. The lowest BCUT2D eigenvalue weighted by atomic mass is 10.1. The molecule has 6 heteroatoms. The number of aromatic nitrogens is 2. The van der Waals surface area contributed by atoms with E-state index in [4.69, 9.17) is 0 Å². The molecule has 0 aliphatic heterocycles. The Morgan fingerprint density at radius 2 is 2.36 bits per heavy atom. The molecule has 0 aliphatic rings. The Hall–Kier alpha value is -0.620. The van der Waals surface area contributed by atoms with Crippen LogP contribution in [-0.2, 0) is 9.53 Å². The summed E-state index contributed by atoms with van der Waals surface area (Å²) in [6.07, 6.45) is 0. The van der Waals surface area contributed by atoms with Gasteiger partial charge in [-0.25, -0.2) is 0 Å². The highest BCUT2D eigenvalue weighted by atomic mass is 32.2. The molecule has 0 saturated carbocycles. The number of rotatable bonds is 4. The van der Waals surface area contributed by atoms with Crippen LogP contribution in [0.4, 0.5) is 0 Å². The maximum Gasteiger partial charge on any atom is 0.309 e. The highest BCUT2D eigenvalue weighted by Gasteiger charge is 2.22. The van der Waals surface area contributed by atoms with Crippen molar-refractivity contribution in [3.05, 3.63) is 5.51 Å². The minimum absolute atomic E-state index is 0.131. The third kappa shape index (κ3) is 2.95. The van der Waals surface area contributed by atoms with Gasteiger partial charge < -0.3 is 4.74 Å². The Bertz CT molecular complexity index is 290. The molecule has 0 aliphatic carbocycles. The predicted molar refractivity (Wildman–Crippen MR) is 56.4 cm³/mol. The van der Waals surface area contributed by atoms with Crippen LogP contribution in [0.25, 0.3) is 0 Å². The van der Waals surface area contributed by atoms with Crippen LogP contribution >= 0.6 is 23.1 Å². The Morgan fingerprint density at radius 1 is 1.64 bits per heavy atom. The second-order valence-corrected chi connectivity index (χ2v) is 5.30. The van der Waals surface area contributed by atoms with Gasteiger partial charge in [-0.3, -0.25) is 4.79 Å². The molecule has 1 aromatic rings. The van der Waals surface area contributed by atoms with Crippen molar-refractivity contribution >= 4 is 29.1 Å². The lowest BCUT2D eigenvalue weighted by molar-refractivity contribution is -0.144. The quantitative estimate of drug-likeness (QED) is 0.585. The highest BCUT2D eigenvalue weighted by molar-refractivity contribution is 8.01. The van der Waals surface area contributed by atoms with Gasteiger partial charge in [-0.1, -0.05) is 36.9 Å². The van der Waals surface area contributed by atoms with Crippen molar-refractivity contribution in [1.29, 1.82) is 0 Å². The largest absolute Gasteiger partial charge is 0.469 e. The van der Waals surface area contributed by atoms with E-state index in [-0.39, 0.29) is 17.1 Å². The van der Waals surface area contributed by atoms with Crippen LogP contribution in [0.1, 0.15) is 13.8 Å². The summed E-state index contributed by atoms with van der Waals surface area (Å²) in [5, 5.41) is 7.78. The number of ether oxygens (including phenoxy) is 1.